The van der Waals surface area contributed by atoms with Gasteiger partial charge in [-0.15, -0.1) is 0 Å². The van der Waals surface area contributed by atoms with Gasteiger partial charge in [0.15, 0.2) is 5.78 Å². The molecule has 1 unspecified atom stereocenters. The number of rotatable bonds is 8. The van der Waals surface area contributed by atoms with Gasteiger partial charge in [-0.05, 0) is 205 Å². The van der Waals surface area contributed by atoms with E-state index in [1.54, 1.807) is 54.6 Å². The van der Waals surface area contributed by atoms with E-state index in [2.05, 4.69) is 174 Å². The lowest BCUT2D eigenvalue weighted by Crippen LogP contribution is -2.06. The summed E-state index contributed by atoms with van der Waals surface area (Å²) in [5.41, 5.74) is 8.78. The van der Waals surface area contributed by atoms with Crippen molar-refractivity contribution in [2.24, 2.45) is 0 Å². The van der Waals surface area contributed by atoms with Crippen LogP contribution in [0.3, 0.4) is 0 Å². The van der Waals surface area contributed by atoms with Crippen molar-refractivity contribution in [2.75, 3.05) is 21.3 Å². The number of methoxy groups -OCH3 is 3. The molecule has 0 saturated heterocycles. The van der Waals surface area contributed by atoms with Crippen LogP contribution >= 0.6 is 150 Å². The lowest BCUT2D eigenvalue weighted by atomic mass is 9.98. The number of ether oxygens (including phenoxy) is 3. The summed E-state index contributed by atoms with van der Waals surface area (Å²) in [6.07, 6.45) is 0.0275. The summed E-state index contributed by atoms with van der Waals surface area (Å²) >= 11 is 29.0. The molecule has 1 atom stereocenters. The molecule has 0 radical (unpaired) electrons. The standard InChI is InChI=1S/C16H14Br2O3.C16H12Br2O3.C8H6BrIO2.C8H7BrO.C7H6Br2/c2*1-9-3-10(6-13(17)4-9)15(19)11-5-12(16(20)21-2)8-14(18)7-11;1-12-8(11)5-2-6(9)4-7(10)3-5;1-6-2-7(5-10)4-8(9)3-6;1-5-2-6(8)4-7(9)3-5/h3-8,15,19H,1-2H3;3-8H,1-2H3;2-4H,1H3;2-5H,1H3;2-4H,1H3. The second kappa shape index (κ2) is 31.8. The van der Waals surface area contributed by atoms with Crippen LogP contribution in [0.2, 0.25) is 0 Å². The molecule has 0 aliphatic carbocycles. The van der Waals surface area contributed by atoms with E-state index < -0.39 is 18.0 Å². The maximum atomic E-state index is 12.6. The largest absolute Gasteiger partial charge is 0.465 e. The maximum absolute atomic E-state index is 12.6. The highest BCUT2D eigenvalue weighted by atomic mass is 127. The van der Waals surface area contributed by atoms with E-state index in [9.17, 15) is 29.1 Å². The van der Waals surface area contributed by atoms with Gasteiger partial charge in [-0.2, -0.15) is 0 Å². The van der Waals surface area contributed by atoms with E-state index in [0.29, 0.717) is 47.9 Å². The van der Waals surface area contributed by atoms with Crippen LogP contribution in [0.25, 0.3) is 0 Å². The Balaban J connectivity index is 0.000000252. The Kier molecular flexibility index (Phi) is 27.9. The molecule has 7 aromatic rings. The number of benzene rings is 7. The van der Waals surface area contributed by atoms with Gasteiger partial charge in [-0.3, -0.25) is 9.59 Å². The molecule has 0 spiro atoms. The highest BCUT2D eigenvalue weighted by molar-refractivity contribution is 14.1. The zero-order valence-electron chi connectivity index (χ0n) is 39.9. The fourth-order valence-corrected chi connectivity index (χ4v) is 12.4. The van der Waals surface area contributed by atoms with E-state index in [-0.39, 0.29) is 11.8 Å². The Bertz CT molecular complexity index is 2980. The van der Waals surface area contributed by atoms with Crippen LogP contribution in [0.1, 0.15) is 96.8 Å². The fourth-order valence-electron chi connectivity index (χ4n) is 6.43. The number of aryl methyl sites for hydroxylation is 4. The summed E-state index contributed by atoms with van der Waals surface area (Å²) < 4.78 is 22.2. The van der Waals surface area contributed by atoms with Gasteiger partial charge in [0.05, 0.1) is 38.0 Å². The summed E-state index contributed by atoms with van der Waals surface area (Å²) in [6, 6.07) is 38.4. The third-order valence-electron chi connectivity index (χ3n) is 9.41. The molecule has 382 valence electrons. The zero-order chi connectivity index (χ0) is 54.7. The normalized spacial score (nSPS) is 10.5. The maximum Gasteiger partial charge on any atom is 0.337 e. The van der Waals surface area contributed by atoms with Crippen LogP contribution in [-0.4, -0.2) is 56.4 Å². The number of aliphatic hydroxyl groups is 1. The van der Waals surface area contributed by atoms with Gasteiger partial charge in [0, 0.05) is 56.0 Å². The Morgan fingerprint density at radius 2 is 0.740 bits per heavy atom. The molecule has 0 fully saturated rings. The quantitative estimate of drug-likeness (QED) is 0.0519. The summed E-state index contributed by atoms with van der Waals surface area (Å²) in [6.45, 7) is 7.90. The number of carbonyl (C=O) groups excluding carboxylic acids is 5. The molecule has 18 heteroatoms. The first-order valence-corrected chi connectivity index (χ1v) is 28.5. The Labute approximate surface area is 506 Å². The first kappa shape index (κ1) is 64.1. The van der Waals surface area contributed by atoms with E-state index in [1.807, 2.05) is 75.4 Å². The van der Waals surface area contributed by atoms with Crippen LogP contribution in [0.5, 0.6) is 0 Å². The molecule has 73 heavy (non-hydrogen) atoms. The lowest BCUT2D eigenvalue weighted by Gasteiger charge is -2.14. The highest BCUT2D eigenvalue weighted by Gasteiger charge is 2.17. The lowest BCUT2D eigenvalue weighted by molar-refractivity contribution is 0.0591. The fraction of sp³-hybridized carbons (Fsp3) is 0.145. The first-order valence-electron chi connectivity index (χ1n) is 21.1. The van der Waals surface area contributed by atoms with E-state index >= 15 is 0 Å². The Hall–Kier alpha value is -3.18. The third-order valence-corrected chi connectivity index (χ3v) is 13.7. The van der Waals surface area contributed by atoms with Gasteiger partial charge in [0.25, 0.3) is 0 Å². The molecule has 7 aromatic carbocycles. The van der Waals surface area contributed by atoms with Crippen molar-refractivity contribution in [3.63, 3.8) is 0 Å². The van der Waals surface area contributed by atoms with Gasteiger partial charge < -0.3 is 19.3 Å². The topological polar surface area (TPSA) is 133 Å². The molecule has 7 rings (SSSR count). The Morgan fingerprint density at radius 3 is 1.16 bits per heavy atom. The molecule has 0 amide bonds. The summed E-state index contributed by atoms with van der Waals surface area (Å²) in [5, 5.41) is 10.6. The first-order chi connectivity index (χ1) is 34.3. The Morgan fingerprint density at radius 1 is 0.411 bits per heavy atom. The van der Waals surface area contributed by atoms with Crippen molar-refractivity contribution in [2.45, 2.75) is 33.8 Å². The van der Waals surface area contributed by atoms with Crippen molar-refractivity contribution in [1.29, 1.82) is 0 Å². The van der Waals surface area contributed by atoms with Gasteiger partial charge >= 0.3 is 17.9 Å². The van der Waals surface area contributed by atoms with Crippen LogP contribution in [-0.2, 0) is 14.2 Å². The SMILES string of the molecule is COC(=O)c1cc(Br)cc(C(=O)c2cc(C)cc(Br)c2)c1.COC(=O)c1cc(Br)cc(C(O)c2cc(C)cc(Br)c2)c1.COC(=O)c1cc(Br)cc(I)c1.Cc1cc(Br)cc(Br)c1.Cc1cc(Br)cc(C=O)c1. The van der Waals surface area contributed by atoms with E-state index in [1.165, 1.54) is 33.0 Å². The van der Waals surface area contributed by atoms with Crippen LogP contribution < -0.4 is 0 Å². The van der Waals surface area contributed by atoms with Gasteiger partial charge in [0.2, 0.25) is 0 Å². The minimum atomic E-state index is -0.817. The monoisotopic (exact) mass is 1610 g/mol. The molecular weight excluding hydrogens is 1570 g/mol. The summed E-state index contributed by atoms with van der Waals surface area (Å²) in [5.74, 6) is -1.37. The zero-order valence-corrected chi connectivity index (χ0v) is 54.7. The predicted molar refractivity (Wildman–Crippen MR) is 325 cm³/mol. The second-order valence-electron chi connectivity index (χ2n) is 15.6. The molecule has 1 N–H and O–H groups in total. The molecular formula is C55H45Br8IO9. The van der Waals surface area contributed by atoms with Crippen molar-refractivity contribution in [3.05, 3.63) is 234 Å². The van der Waals surface area contributed by atoms with Crippen molar-refractivity contribution < 1.29 is 43.3 Å². The smallest absolute Gasteiger partial charge is 0.337 e. The molecule has 0 aromatic heterocycles. The number of carbonyl (C=O) groups is 5. The summed E-state index contributed by atoms with van der Waals surface area (Å²) in [7, 11) is 4.01. The highest BCUT2D eigenvalue weighted by Crippen LogP contribution is 2.30. The van der Waals surface area contributed by atoms with Crippen LogP contribution in [0, 0.1) is 31.3 Å². The molecule has 0 saturated carbocycles. The molecule has 0 bridgehead atoms. The molecule has 0 aliphatic heterocycles. The molecule has 0 heterocycles. The van der Waals surface area contributed by atoms with E-state index in [0.717, 1.165) is 58.9 Å². The van der Waals surface area contributed by atoms with Crippen molar-refractivity contribution >= 4 is 180 Å². The number of aliphatic hydroxyl groups excluding tert-OH is 1. The van der Waals surface area contributed by atoms with Gasteiger partial charge in [0.1, 0.15) is 12.4 Å². The minimum absolute atomic E-state index is 0.147. The number of aldehydes is 1. The third kappa shape index (κ3) is 22.5. The van der Waals surface area contributed by atoms with Crippen molar-refractivity contribution in [3.8, 4) is 0 Å². The average molecular weight is 1620 g/mol. The number of halogens is 9. The molecule has 9 nitrogen and oxygen atoms in total. The number of hydrogen-bond donors (Lipinski definition) is 1. The number of ketones is 1. The molecule has 0 aliphatic rings. The predicted octanol–water partition coefficient (Wildman–Crippen LogP) is 17.9. The van der Waals surface area contributed by atoms with Gasteiger partial charge in [-0.1, -0.05) is 134 Å². The van der Waals surface area contributed by atoms with E-state index in [4.69, 9.17) is 9.47 Å². The summed E-state index contributed by atoms with van der Waals surface area (Å²) in [4.78, 5) is 57.2. The van der Waals surface area contributed by atoms with Crippen LogP contribution in [0.15, 0.2) is 163 Å². The minimum Gasteiger partial charge on any atom is -0.465 e. The van der Waals surface area contributed by atoms with Crippen LogP contribution in [0.4, 0.5) is 0 Å². The second-order valence-corrected chi connectivity index (χ2v) is 24.1. The number of esters is 3. The van der Waals surface area contributed by atoms with Crippen molar-refractivity contribution in [1.82, 2.24) is 0 Å². The van der Waals surface area contributed by atoms with Gasteiger partial charge in [-0.25, -0.2) is 14.4 Å². The average Bonchev–Trinajstić information content (AvgIpc) is 3.31. The number of hydrogen-bond acceptors (Lipinski definition) is 9.